The Morgan fingerprint density at radius 2 is 1.71 bits per heavy atom. The molecule has 0 atom stereocenters. The third-order valence-electron chi connectivity index (χ3n) is 3.88. The molecule has 2 N–H and O–H groups in total. The summed E-state index contributed by atoms with van der Waals surface area (Å²) in [7, 11) is 6.33. The lowest BCUT2D eigenvalue weighted by Gasteiger charge is -2.21. The first kappa shape index (κ1) is 23.3. The number of halogens is 2. The fraction of sp³-hybridized carbons (Fsp3) is 0.625. The summed E-state index contributed by atoms with van der Waals surface area (Å²) in [6, 6.07) is 0. The highest BCUT2D eigenvalue weighted by atomic mass is 35.5. The SMILES string of the molecule is Cc1sc2nc(CCN)nc(N(C)CCCN(C)C)c2c1C.Cl.Cl. The molecule has 8 heteroatoms. The summed E-state index contributed by atoms with van der Waals surface area (Å²) in [5, 5.41) is 1.20. The molecule has 2 aromatic heterocycles. The highest BCUT2D eigenvalue weighted by Gasteiger charge is 2.17. The van der Waals surface area contributed by atoms with Crippen molar-refractivity contribution in [3.05, 3.63) is 16.3 Å². The van der Waals surface area contributed by atoms with Gasteiger partial charge in [-0.25, -0.2) is 9.97 Å². The van der Waals surface area contributed by atoms with Gasteiger partial charge in [0.1, 0.15) is 16.5 Å². The van der Waals surface area contributed by atoms with Gasteiger partial charge in [0.2, 0.25) is 0 Å². The van der Waals surface area contributed by atoms with E-state index >= 15 is 0 Å². The van der Waals surface area contributed by atoms with Gasteiger partial charge in [-0.15, -0.1) is 36.2 Å². The van der Waals surface area contributed by atoms with Crippen LogP contribution in [-0.2, 0) is 6.42 Å². The number of aromatic nitrogens is 2. The molecule has 2 heterocycles. The number of anilines is 1. The second kappa shape index (κ2) is 10.4. The van der Waals surface area contributed by atoms with Crippen molar-refractivity contribution in [3.63, 3.8) is 0 Å². The smallest absolute Gasteiger partial charge is 0.141 e. The fourth-order valence-electron chi connectivity index (χ4n) is 2.52. The van der Waals surface area contributed by atoms with Crippen molar-refractivity contribution in [1.82, 2.24) is 14.9 Å². The highest BCUT2D eigenvalue weighted by molar-refractivity contribution is 7.18. The van der Waals surface area contributed by atoms with Gasteiger partial charge in [0, 0.05) is 24.9 Å². The number of fused-ring (bicyclic) bond motifs is 1. The van der Waals surface area contributed by atoms with Crippen LogP contribution in [0.2, 0.25) is 0 Å². The molecule has 2 rings (SSSR count). The molecule has 0 aliphatic rings. The number of hydrogen-bond donors (Lipinski definition) is 1. The Balaban J connectivity index is 0.00000264. The Labute approximate surface area is 161 Å². The van der Waals surface area contributed by atoms with Crippen molar-refractivity contribution in [2.24, 2.45) is 5.73 Å². The van der Waals surface area contributed by atoms with Gasteiger partial charge in [-0.1, -0.05) is 0 Å². The predicted molar refractivity (Wildman–Crippen MR) is 111 cm³/mol. The lowest BCUT2D eigenvalue weighted by atomic mass is 10.2. The van der Waals surface area contributed by atoms with Gasteiger partial charge in [-0.2, -0.15) is 0 Å². The molecule has 0 aromatic carbocycles. The molecule has 0 radical (unpaired) electrons. The van der Waals surface area contributed by atoms with Crippen LogP contribution < -0.4 is 10.6 Å². The van der Waals surface area contributed by atoms with Crippen LogP contribution in [0.15, 0.2) is 0 Å². The van der Waals surface area contributed by atoms with E-state index in [0.29, 0.717) is 6.54 Å². The summed E-state index contributed by atoms with van der Waals surface area (Å²) < 4.78 is 0. The molecule has 0 spiro atoms. The topological polar surface area (TPSA) is 58.3 Å². The van der Waals surface area contributed by atoms with E-state index in [-0.39, 0.29) is 24.8 Å². The predicted octanol–water partition coefficient (Wildman–Crippen LogP) is 3.04. The van der Waals surface area contributed by atoms with Crippen molar-refractivity contribution in [3.8, 4) is 0 Å². The Bertz CT molecular complexity index is 645. The van der Waals surface area contributed by atoms with E-state index < -0.39 is 0 Å². The van der Waals surface area contributed by atoms with Gasteiger partial charge in [-0.05, 0) is 53.0 Å². The normalized spacial score (nSPS) is 10.6. The van der Waals surface area contributed by atoms with Crippen molar-refractivity contribution in [2.45, 2.75) is 26.7 Å². The number of aryl methyl sites for hydroxylation is 2. The first-order chi connectivity index (χ1) is 10.4. The Morgan fingerprint density at radius 3 is 2.29 bits per heavy atom. The van der Waals surface area contributed by atoms with Crippen molar-refractivity contribution < 1.29 is 0 Å². The number of rotatable bonds is 7. The number of nitrogens with zero attached hydrogens (tertiary/aromatic N) is 4. The molecule has 0 aliphatic carbocycles. The summed E-state index contributed by atoms with van der Waals surface area (Å²) >= 11 is 1.75. The summed E-state index contributed by atoms with van der Waals surface area (Å²) in [5.74, 6) is 1.90. The summed E-state index contributed by atoms with van der Waals surface area (Å²) in [4.78, 5) is 16.4. The van der Waals surface area contributed by atoms with Crippen LogP contribution in [0.1, 0.15) is 22.7 Å². The average molecular weight is 394 g/mol. The molecular weight excluding hydrogens is 365 g/mol. The lowest BCUT2D eigenvalue weighted by Crippen LogP contribution is -2.25. The third-order valence-corrected chi connectivity index (χ3v) is 4.99. The van der Waals surface area contributed by atoms with Crippen LogP contribution in [0, 0.1) is 13.8 Å². The zero-order valence-electron chi connectivity index (χ0n) is 15.1. The lowest BCUT2D eigenvalue weighted by molar-refractivity contribution is 0.401. The molecule has 2 aromatic rings. The van der Waals surface area contributed by atoms with E-state index in [2.05, 4.69) is 44.8 Å². The van der Waals surface area contributed by atoms with Gasteiger partial charge in [-0.3, -0.25) is 0 Å². The van der Waals surface area contributed by atoms with Crippen molar-refractivity contribution >= 4 is 52.2 Å². The van der Waals surface area contributed by atoms with Gasteiger partial charge in [0.25, 0.3) is 0 Å². The molecule has 0 amide bonds. The maximum absolute atomic E-state index is 5.68. The third kappa shape index (κ3) is 5.43. The Hall–Kier alpha value is -0.660. The first-order valence-corrected chi connectivity index (χ1v) is 8.58. The van der Waals surface area contributed by atoms with Crippen LogP contribution in [0.4, 0.5) is 5.82 Å². The number of hydrogen-bond acceptors (Lipinski definition) is 6. The van der Waals surface area contributed by atoms with E-state index in [4.69, 9.17) is 15.7 Å². The molecule has 5 nitrogen and oxygen atoms in total. The average Bonchev–Trinajstić information content (AvgIpc) is 2.73. The maximum Gasteiger partial charge on any atom is 0.141 e. The van der Waals surface area contributed by atoms with Crippen LogP contribution >= 0.6 is 36.2 Å². The molecular formula is C16H29Cl2N5S. The maximum atomic E-state index is 5.68. The molecule has 0 saturated heterocycles. The van der Waals surface area contributed by atoms with Gasteiger partial charge in [0.05, 0.1) is 5.39 Å². The minimum absolute atomic E-state index is 0. The molecule has 0 fully saturated rings. The second-order valence-electron chi connectivity index (χ2n) is 6.04. The van der Waals surface area contributed by atoms with E-state index in [9.17, 15) is 0 Å². The Morgan fingerprint density at radius 1 is 1.04 bits per heavy atom. The summed E-state index contributed by atoms with van der Waals surface area (Å²) in [6.07, 6.45) is 1.84. The van der Waals surface area contributed by atoms with Crippen LogP contribution in [0.25, 0.3) is 10.2 Å². The zero-order valence-corrected chi connectivity index (χ0v) is 17.6. The monoisotopic (exact) mass is 393 g/mol. The van der Waals surface area contributed by atoms with Crippen LogP contribution in [-0.4, -0.2) is 55.6 Å². The standard InChI is InChI=1S/C16H27N5S.2ClH/c1-11-12(2)22-16-14(11)15(18-13(19-16)7-8-17)21(5)10-6-9-20(3)4;;/h6-10,17H2,1-5H3;2*1H. The molecule has 24 heavy (non-hydrogen) atoms. The van der Waals surface area contributed by atoms with Crippen LogP contribution in [0.5, 0.6) is 0 Å². The quantitative estimate of drug-likeness (QED) is 0.782. The van der Waals surface area contributed by atoms with Crippen molar-refractivity contribution in [2.75, 3.05) is 45.7 Å². The van der Waals surface area contributed by atoms with E-state index in [1.807, 2.05) is 0 Å². The summed E-state index contributed by atoms with van der Waals surface area (Å²) in [5.41, 5.74) is 6.98. The number of nitrogens with two attached hydrogens (primary N) is 1. The Kier molecular flexibility index (Phi) is 10.1. The molecule has 0 aliphatic heterocycles. The van der Waals surface area contributed by atoms with Crippen LogP contribution in [0.3, 0.4) is 0 Å². The van der Waals surface area contributed by atoms with E-state index in [1.54, 1.807) is 11.3 Å². The first-order valence-electron chi connectivity index (χ1n) is 7.76. The van der Waals surface area contributed by atoms with Crippen molar-refractivity contribution in [1.29, 1.82) is 0 Å². The summed E-state index contributed by atoms with van der Waals surface area (Å²) in [6.45, 7) is 6.96. The van der Waals surface area contributed by atoms with E-state index in [1.165, 1.54) is 15.8 Å². The van der Waals surface area contributed by atoms with E-state index in [0.717, 1.165) is 42.4 Å². The van der Waals surface area contributed by atoms with Gasteiger partial charge in [0.15, 0.2) is 0 Å². The minimum Gasteiger partial charge on any atom is -0.359 e. The molecule has 0 saturated carbocycles. The van der Waals surface area contributed by atoms with Gasteiger partial charge >= 0.3 is 0 Å². The molecule has 0 unspecified atom stereocenters. The minimum atomic E-state index is 0. The zero-order chi connectivity index (χ0) is 16.3. The largest absolute Gasteiger partial charge is 0.359 e. The number of thiophene rings is 1. The second-order valence-corrected chi connectivity index (χ2v) is 7.25. The van der Waals surface area contributed by atoms with Gasteiger partial charge < -0.3 is 15.5 Å². The molecule has 138 valence electrons. The molecule has 0 bridgehead atoms. The highest BCUT2D eigenvalue weighted by Crippen LogP contribution is 2.34. The fourth-order valence-corrected chi connectivity index (χ4v) is 3.56.